The lowest BCUT2D eigenvalue weighted by molar-refractivity contribution is -0.0298. The lowest BCUT2D eigenvalue weighted by atomic mass is 9.87. The van der Waals surface area contributed by atoms with E-state index in [0.29, 0.717) is 37.4 Å². The molecule has 1 saturated heterocycles. The molecule has 2 aromatic heterocycles. The SMILES string of the molecule is CC(C)(C)OC(=O)N1CC(CC#N)(n2nc(NC3CC3)c3c(OCc4ccccc4)nccc32)C1. The molecule has 1 saturated carbocycles. The van der Waals surface area contributed by atoms with Crippen molar-refractivity contribution in [3.05, 3.63) is 48.2 Å². The van der Waals surface area contributed by atoms with E-state index in [1.165, 1.54) is 0 Å². The van der Waals surface area contributed by atoms with Crippen molar-refractivity contribution < 1.29 is 14.3 Å². The van der Waals surface area contributed by atoms with Crippen LogP contribution < -0.4 is 10.1 Å². The van der Waals surface area contributed by atoms with Crippen LogP contribution in [0.1, 0.15) is 45.6 Å². The number of hydrogen-bond acceptors (Lipinski definition) is 7. The Morgan fingerprint density at radius 1 is 1.23 bits per heavy atom. The fraction of sp³-hybridized carbons (Fsp3) is 0.462. The van der Waals surface area contributed by atoms with Crippen LogP contribution in [0.15, 0.2) is 42.6 Å². The Labute approximate surface area is 204 Å². The number of pyridine rings is 1. The molecule has 1 aliphatic carbocycles. The first-order valence-corrected chi connectivity index (χ1v) is 11.9. The quantitative estimate of drug-likeness (QED) is 0.539. The summed E-state index contributed by atoms with van der Waals surface area (Å²) in [5.74, 6) is 1.20. The number of carbonyl (C=O) groups is 1. The second-order valence-corrected chi connectivity index (χ2v) is 10.4. The van der Waals surface area contributed by atoms with Gasteiger partial charge in [0, 0.05) is 12.2 Å². The van der Waals surface area contributed by atoms with Crippen LogP contribution in [0.2, 0.25) is 0 Å². The third kappa shape index (κ3) is 4.74. The van der Waals surface area contributed by atoms with Gasteiger partial charge in [-0.05, 0) is 45.2 Å². The molecule has 1 aliphatic heterocycles. The van der Waals surface area contributed by atoms with Crippen LogP contribution in [0.5, 0.6) is 5.88 Å². The van der Waals surface area contributed by atoms with Crippen molar-refractivity contribution in [3.8, 4) is 11.9 Å². The average molecular weight is 475 g/mol. The van der Waals surface area contributed by atoms with E-state index in [2.05, 4.69) is 16.4 Å². The van der Waals surface area contributed by atoms with Crippen LogP contribution in [-0.2, 0) is 16.9 Å². The van der Waals surface area contributed by atoms with Crippen LogP contribution in [-0.4, -0.2) is 50.5 Å². The van der Waals surface area contributed by atoms with Crippen molar-refractivity contribution in [2.75, 3.05) is 18.4 Å². The summed E-state index contributed by atoms with van der Waals surface area (Å²) in [5, 5.41) is 18.9. The summed E-state index contributed by atoms with van der Waals surface area (Å²) in [6.45, 7) is 6.60. The number of hydrogen-bond donors (Lipinski definition) is 1. The Morgan fingerprint density at radius 2 is 1.97 bits per heavy atom. The van der Waals surface area contributed by atoms with Crippen molar-refractivity contribution >= 4 is 22.8 Å². The Balaban J connectivity index is 1.48. The standard InChI is InChI=1S/C26H30N6O3/c1-25(2,3)35-24(33)31-16-26(17-31,12-13-27)32-20-11-14-28-23(34-15-18-7-5-4-6-8-18)21(20)22(30-32)29-19-9-10-19/h4-8,11,14,19H,9-10,12,15-17H2,1-3H3,(H,29,30). The fourth-order valence-electron chi connectivity index (χ4n) is 4.34. The number of benzene rings is 1. The number of amides is 1. The molecule has 1 amide bonds. The number of likely N-dealkylation sites (tertiary alicyclic amines) is 1. The summed E-state index contributed by atoms with van der Waals surface area (Å²) < 4.78 is 13.6. The van der Waals surface area contributed by atoms with E-state index < -0.39 is 11.1 Å². The lowest BCUT2D eigenvalue weighted by Crippen LogP contribution is -2.64. The molecule has 0 radical (unpaired) electrons. The largest absolute Gasteiger partial charge is 0.472 e. The zero-order chi connectivity index (χ0) is 24.6. The van der Waals surface area contributed by atoms with Gasteiger partial charge in [0.05, 0.1) is 31.1 Å². The van der Waals surface area contributed by atoms with Crippen LogP contribution in [0.3, 0.4) is 0 Å². The van der Waals surface area contributed by atoms with Crippen molar-refractivity contribution in [1.82, 2.24) is 19.7 Å². The second-order valence-electron chi connectivity index (χ2n) is 10.4. The summed E-state index contributed by atoms with van der Waals surface area (Å²) in [6.07, 6.45) is 3.71. The fourth-order valence-corrected chi connectivity index (χ4v) is 4.34. The van der Waals surface area contributed by atoms with Gasteiger partial charge in [0.1, 0.15) is 23.1 Å². The highest BCUT2D eigenvalue weighted by atomic mass is 16.6. The van der Waals surface area contributed by atoms with E-state index in [1.807, 2.05) is 61.9 Å². The summed E-state index contributed by atoms with van der Waals surface area (Å²) in [6, 6.07) is 14.5. The van der Waals surface area contributed by atoms with E-state index in [9.17, 15) is 10.1 Å². The minimum Gasteiger partial charge on any atom is -0.472 e. The summed E-state index contributed by atoms with van der Waals surface area (Å²) in [7, 11) is 0. The predicted molar refractivity (Wildman–Crippen MR) is 131 cm³/mol. The van der Waals surface area contributed by atoms with Gasteiger partial charge in [0.15, 0.2) is 5.82 Å². The van der Waals surface area contributed by atoms with Crippen LogP contribution in [0.25, 0.3) is 10.9 Å². The molecule has 1 N–H and O–H groups in total. The average Bonchev–Trinajstić information content (AvgIpc) is 3.53. The Bertz CT molecular complexity index is 1260. The maximum Gasteiger partial charge on any atom is 0.410 e. The molecule has 9 nitrogen and oxygen atoms in total. The number of nitrogens with zero attached hydrogens (tertiary/aromatic N) is 5. The highest BCUT2D eigenvalue weighted by Crippen LogP contribution is 2.41. The molecule has 3 aromatic rings. The first-order valence-electron chi connectivity index (χ1n) is 11.9. The van der Waals surface area contributed by atoms with Gasteiger partial charge in [0.2, 0.25) is 5.88 Å². The monoisotopic (exact) mass is 474 g/mol. The number of ether oxygens (including phenoxy) is 2. The molecule has 5 rings (SSSR count). The topological polar surface area (TPSA) is 105 Å². The van der Waals surface area contributed by atoms with Gasteiger partial charge < -0.3 is 19.7 Å². The van der Waals surface area contributed by atoms with Crippen LogP contribution in [0, 0.1) is 11.3 Å². The van der Waals surface area contributed by atoms with Gasteiger partial charge in [-0.15, -0.1) is 0 Å². The number of carbonyl (C=O) groups excluding carboxylic acids is 1. The van der Waals surface area contributed by atoms with Crippen molar-refractivity contribution in [3.63, 3.8) is 0 Å². The molecule has 182 valence electrons. The minimum absolute atomic E-state index is 0.217. The maximum absolute atomic E-state index is 12.6. The predicted octanol–water partition coefficient (Wildman–Crippen LogP) is 4.44. The Morgan fingerprint density at radius 3 is 2.63 bits per heavy atom. The van der Waals surface area contributed by atoms with E-state index in [-0.39, 0.29) is 12.5 Å². The molecule has 3 heterocycles. The highest BCUT2D eigenvalue weighted by Gasteiger charge is 2.50. The zero-order valence-electron chi connectivity index (χ0n) is 20.3. The molecule has 2 fully saturated rings. The molecular formula is C26H30N6O3. The van der Waals surface area contributed by atoms with Gasteiger partial charge in [-0.1, -0.05) is 30.3 Å². The molecule has 0 atom stereocenters. The first kappa shape index (κ1) is 23.0. The normalized spacial score (nSPS) is 16.9. The van der Waals surface area contributed by atoms with Gasteiger partial charge >= 0.3 is 6.09 Å². The van der Waals surface area contributed by atoms with Crippen LogP contribution in [0.4, 0.5) is 10.6 Å². The molecule has 0 bridgehead atoms. The second kappa shape index (κ2) is 8.77. The number of rotatable bonds is 7. The van der Waals surface area contributed by atoms with Crippen molar-refractivity contribution in [2.45, 2.75) is 63.8 Å². The number of nitrogens with one attached hydrogen (secondary N) is 1. The van der Waals surface area contributed by atoms with E-state index in [1.54, 1.807) is 11.1 Å². The van der Waals surface area contributed by atoms with Gasteiger partial charge in [-0.25, -0.2) is 9.78 Å². The lowest BCUT2D eigenvalue weighted by Gasteiger charge is -2.48. The third-order valence-corrected chi connectivity index (χ3v) is 6.18. The first-order chi connectivity index (χ1) is 16.8. The molecule has 2 aliphatic rings. The number of fused-ring (bicyclic) bond motifs is 1. The molecule has 0 spiro atoms. The third-order valence-electron chi connectivity index (χ3n) is 6.18. The smallest absolute Gasteiger partial charge is 0.410 e. The van der Waals surface area contributed by atoms with E-state index in [4.69, 9.17) is 14.6 Å². The summed E-state index contributed by atoms with van der Waals surface area (Å²) in [5.41, 5.74) is 0.639. The molecule has 35 heavy (non-hydrogen) atoms. The molecular weight excluding hydrogens is 444 g/mol. The maximum atomic E-state index is 12.6. The minimum atomic E-state index is -0.647. The molecule has 1 aromatic carbocycles. The number of anilines is 1. The highest BCUT2D eigenvalue weighted by molar-refractivity contribution is 5.95. The van der Waals surface area contributed by atoms with Crippen molar-refractivity contribution in [1.29, 1.82) is 5.26 Å². The van der Waals surface area contributed by atoms with E-state index in [0.717, 1.165) is 29.3 Å². The van der Waals surface area contributed by atoms with Gasteiger partial charge in [-0.3, -0.25) is 4.68 Å². The summed E-state index contributed by atoms with van der Waals surface area (Å²) in [4.78, 5) is 18.7. The van der Waals surface area contributed by atoms with E-state index >= 15 is 0 Å². The number of nitriles is 1. The van der Waals surface area contributed by atoms with Crippen molar-refractivity contribution in [2.24, 2.45) is 0 Å². The Kier molecular flexibility index (Phi) is 5.75. The number of aromatic nitrogens is 3. The molecule has 9 heteroatoms. The summed E-state index contributed by atoms with van der Waals surface area (Å²) >= 11 is 0. The van der Waals surface area contributed by atoms with Gasteiger partial charge in [-0.2, -0.15) is 10.4 Å². The zero-order valence-corrected chi connectivity index (χ0v) is 20.3. The van der Waals surface area contributed by atoms with Crippen LogP contribution >= 0.6 is 0 Å². The Hall–Kier alpha value is -3.80. The van der Waals surface area contributed by atoms with Gasteiger partial charge in [0.25, 0.3) is 0 Å². The molecule has 0 unspecified atom stereocenters.